The first-order valence-electron chi connectivity index (χ1n) is 15.6. The van der Waals surface area contributed by atoms with E-state index in [0.717, 1.165) is 66.3 Å². The fourth-order valence-electron chi connectivity index (χ4n) is 7.76. The minimum absolute atomic E-state index is 0.773. The predicted octanol–water partition coefficient (Wildman–Crippen LogP) is 11.7. The maximum absolute atomic E-state index is 6.85. The normalized spacial score (nSPS) is 12.3. The molecule has 4 aromatic heterocycles. The molecule has 0 atom stereocenters. The van der Waals surface area contributed by atoms with Crippen molar-refractivity contribution in [3.63, 3.8) is 0 Å². The second-order valence-electron chi connectivity index (χ2n) is 12.1. The van der Waals surface area contributed by atoms with Gasteiger partial charge in [-0.2, -0.15) is 0 Å². The number of nitrogens with zero attached hydrogens (tertiary/aromatic N) is 2. The lowest BCUT2D eigenvalue weighted by Crippen LogP contribution is -1.93. The van der Waals surface area contributed by atoms with Gasteiger partial charge in [0.05, 0.1) is 27.8 Å². The molecular formula is C42H24N2O2. The SMILES string of the molecule is c1cc(-n2c3ccccc3c3ccccc32)c2oc3c(ccc4c5cc(-n6c7ccccc7c7ccccc76)ccc5oc43)c2c1. The third-order valence-electron chi connectivity index (χ3n) is 9.73. The molecule has 0 aliphatic rings. The number of furan rings is 2. The van der Waals surface area contributed by atoms with Crippen molar-refractivity contribution in [2.45, 2.75) is 0 Å². The van der Waals surface area contributed by atoms with Crippen LogP contribution in [0.4, 0.5) is 0 Å². The molecule has 0 unspecified atom stereocenters. The quantitative estimate of drug-likeness (QED) is 0.201. The molecule has 0 spiro atoms. The number of rotatable bonds is 2. The van der Waals surface area contributed by atoms with E-state index < -0.39 is 0 Å². The van der Waals surface area contributed by atoms with E-state index in [4.69, 9.17) is 8.83 Å². The van der Waals surface area contributed by atoms with Crippen molar-refractivity contribution < 1.29 is 8.83 Å². The second kappa shape index (κ2) is 8.68. The molecule has 4 heteroatoms. The summed E-state index contributed by atoms with van der Waals surface area (Å²) >= 11 is 0. The van der Waals surface area contributed by atoms with E-state index in [1.54, 1.807) is 0 Å². The lowest BCUT2D eigenvalue weighted by atomic mass is 10.1. The number of benzene rings is 7. The van der Waals surface area contributed by atoms with Crippen LogP contribution in [-0.4, -0.2) is 9.13 Å². The summed E-state index contributed by atoms with van der Waals surface area (Å²) in [5, 5.41) is 9.18. The van der Waals surface area contributed by atoms with Gasteiger partial charge in [0.15, 0.2) is 16.7 Å². The molecule has 0 saturated heterocycles. The molecule has 214 valence electrons. The summed E-state index contributed by atoms with van der Waals surface area (Å²) in [5.41, 5.74) is 10.0. The van der Waals surface area contributed by atoms with Crippen molar-refractivity contribution in [2.24, 2.45) is 0 Å². The minimum Gasteiger partial charge on any atom is -0.452 e. The third-order valence-corrected chi connectivity index (χ3v) is 9.73. The maximum Gasteiger partial charge on any atom is 0.178 e. The van der Waals surface area contributed by atoms with Gasteiger partial charge in [-0.25, -0.2) is 0 Å². The van der Waals surface area contributed by atoms with Crippen molar-refractivity contribution >= 4 is 87.5 Å². The summed E-state index contributed by atoms with van der Waals surface area (Å²) in [6.07, 6.45) is 0. The topological polar surface area (TPSA) is 36.1 Å². The maximum atomic E-state index is 6.85. The molecule has 0 aliphatic carbocycles. The molecule has 0 fully saturated rings. The zero-order valence-electron chi connectivity index (χ0n) is 24.6. The summed E-state index contributed by atoms with van der Waals surface area (Å²) in [6.45, 7) is 0. The van der Waals surface area contributed by atoms with Crippen LogP contribution < -0.4 is 0 Å². The van der Waals surface area contributed by atoms with Crippen LogP contribution >= 0.6 is 0 Å². The van der Waals surface area contributed by atoms with Crippen molar-refractivity contribution in [1.82, 2.24) is 9.13 Å². The standard InChI is InChI=1S/C42H24N2O2/c1-5-15-34-26(10-1)27-11-2-6-16-35(27)43(34)25-20-23-39-33(24-25)32-22-21-31-30-14-9-19-38(40(30)46-42(31)41(32)45-39)44-36-17-7-3-12-28(36)29-13-4-8-18-37(29)44/h1-24H. The highest BCUT2D eigenvalue weighted by Gasteiger charge is 2.21. The largest absolute Gasteiger partial charge is 0.452 e. The molecule has 4 heterocycles. The van der Waals surface area contributed by atoms with E-state index in [0.29, 0.717) is 0 Å². The highest BCUT2D eigenvalue weighted by atomic mass is 16.4. The van der Waals surface area contributed by atoms with E-state index in [1.165, 1.54) is 32.6 Å². The Kier molecular flexibility index (Phi) is 4.55. The average Bonchev–Trinajstić information content (AvgIpc) is 3.86. The summed E-state index contributed by atoms with van der Waals surface area (Å²) in [4.78, 5) is 0. The van der Waals surface area contributed by atoms with Gasteiger partial charge in [-0.05, 0) is 60.7 Å². The molecule has 0 aliphatic heterocycles. The number of hydrogen-bond donors (Lipinski definition) is 0. The molecule has 0 N–H and O–H groups in total. The van der Waals surface area contributed by atoms with Crippen molar-refractivity contribution in [3.8, 4) is 11.4 Å². The molecule has 46 heavy (non-hydrogen) atoms. The summed E-state index contributed by atoms with van der Waals surface area (Å²) in [5.74, 6) is 0. The Morgan fingerprint density at radius 2 is 0.804 bits per heavy atom. The Balaban J connectivity index is 1.18. The zero-order valence-corrected chi connectivity index (χ0v) is 24.6. The highest BCUT2D eigenvalue weighted by molar-refractivity contribution is 6.20. The first-order chi connectivity index (χ1) is 22.8. The monoisotopic (exact) mass is 588 g/mol. The Morgan fingerprint density at radius 1 is 0.326 bits per heavy atom. The van der Waals surface area contributed by atoms with Crippen LogP contribution in [0.2, 0.25) is 0 Å². The lowest BCUT2D eigenvalue weighted by molar-refractivity contribution is 0.632. The van der Waals surface area contributed by atoms with Crippen LogP contribution in [0.3, 0.4) is 0 Å². The smallest absolute Gasteiger partial charge is 0.178 e. The number of aromatic nitrogens is 2. The van der Waals surface area contributed by atoms with E-state index in [1.807, 2.05) is 0 Å². The Morgan fingerprint density at radius 3 is 1.41 bits per heavy atom. The predicted molar refractivity (Wildman–Crippen MR) is 190 cm³/mol. The van der Waals surface area contributed by atoms with Crippen LogP contribution in [0.1, 0.15) is 0 Å². The van der Waals surface area contributed by atoms with Gasteiger partial charge >= 0.3 is 0 Å². The van der Waals surface area contributed by atoms with E-state index >= 15 is 0 Å². The molecule has 11 aromatic rings. The van der Waals surface area contributed by atoms with Gasteiger partial charge in [0.25, 0.3) is 0 Å². The van der Waals surface area contributed by atoms with Gasteiger partial charge in [0.1, 0.15) is 5.58 Å². The van der Waals surface area contributed by atoms with Gasteiger partial charge in [0.2, 0.25) is 0 Å². The number of fused-ring (bicyclic) bond motifs is 13. The van der Waals surface area contributed by atoms with Crippen LogP contribution in [-0.2, 0) is 0 Å². The van der Waals surface area contributed by atoms with Crippen LogP contribution in [0.5, 0.6) is 0 Å². The summed E-state index contributed by atoms with van der Waals surface area (Å²) in [7, 11) is 0. The molecule has 0 saturated carbocycles. The molecular weight excluding hydrogens is 564 g/mol. The van der Waals surface area contributed by atoms with E-state index in [9.17, 15) is 0 Å². The fraction of sp³-hybridized carbons (Fsp3) is 0. The summed E-state index contributed by atoms with van der Waals surface area (Å²) in [6, 6.07) is 51.6. The van der Waals surface area contributed by atoms with Gasteiger partial charge in [-0.1, -0.05) is 84.9 Å². The van der Waals surface area contributed by atoms with E-state index in [-0.39, 0.29) is 0 Å². The Bertz CT molecular complexity index is 2930. The number of para-hydroxylation sites is 5. The Labute approximate surface area is 261 Å². The number of hydrogen-bond acceptors (Lipinski definition) is 2. The van der Waals surface area contributed by atoms with Crippen molar-refractivity contribution in [1.29, 1.82) is 0 Å². The van der Waals surface area contributed by atoms with Gasteiger partial charge in [-0.15, -0.1) is 0 Å². The average molecular weight is 589 g/mol. The van der Waals surface area contributed by atoms with Crippen molar-refractivity contribution in [3.05, 3.63) is 146 Å². The minimum atomic E-state index is 0.773. The molecule has 0 amide bonds. The molecule has 11 rings (SSSR count). The molecule has 0 bridgehead atoms. The highest BCUT2D eigenvalue weighted by Crippen LogP contribution is 2.43. The first-order valence-corrected chi connectivity index (χ1v) is 15.6. The van der Waals surface area contributed by atoms with Crippen LogP contribution in [0.15, 0.2) is 154 Å². The third kappa shape index (κ3) is 3.03. The van der Waals surface area contributed by atoms with Gasteiger partial charge in [-0.3, -0.25) is 0 Å². The second-order valence-corrected chi connectivity index (χ2v) is 12.1. The first kappa shape index (κ1) is 24.1. The van der Waals surface area contributed by atoms with E-state index in [2.05, 4.69) is 155 Å². The van der Waals surface area contributed by atoms with Crippen LogP contribution in [0.25, 0.3) is 98.9 Å². The lowest BCUT2D eigenvalue weighted by Gasteiger charge is -2.08. The molecule has 4 nitrogen and oxygen atoms in total. The molecule has 7 aromatic carbocycles. The van der Waals surface area contributed by atoms with Gasteiger partial charge < -0.3 is 18.0 Å². The fourth-order valence-corrected chi connectivity index (χ4v) is 7.76. The van der Waals surface area contributed by atoms with Crippen LogP contribution in [0, 0.1) is 0 Å². The Hall–Kier alpha value is -6.26. The zero-order chi connectivity index (χ0) is 29.9. The molecule has 0 radical (unpaired) electrons. The summed E-state index contributed by atoms with van der Waals surface area (Å²) < 4.78 is 18.1. The van der Waals surface area contributed by atoms with Crippen molar-refractivity contribution in [2.75, 3.05) is 0 Å². The van der Waals surface area contributed by atoms with Gasteiger partial charge in [0, 0.05) is 48.8 Å².